The Morgan fingerprint density at radius 1 is 0.973 bits per heavy atom. The zero-order chi connectivity index (χ0) is 27.0. The number of anilines is 1. The van der Waals surface area contributed by atoms with Gasteiger partial charge in [0, 0.05) is 35.4 Å². The summed E-state index contributed by atoms with van der Waals surface area (Å²) in [6.07, 6.45) is 1.73. The fourth-order valence-corrected chi connectivity index (χ4v) is 4.72. The van der Waals surface area contributed by atoms with Crippen molar-refractivity contribution in [3.63, 3.8) is 0 Å². The normalized spacial score (nSPS) is 11.3. The van der Waals surface area contributed by atoms with E-state index >= 15 is 0 Å². The summed E-state index contributed by atoms with van der Waals surface area (Å²) in [5.74, 6) is -0.366. The Morgan fingerprint density at radius 3 is 2.24 bits per heavy atom. The molecule has 0 unspecified atom stereocenters. The maximum atomic E-state index is 13.0. The predicted octanol–water partition coefficient (Wildman–Crippen LogP) is 5.38. The molecule has 0 aliphatic carbocycles. The summed E-state index contributed by atoms with van der Waals surface area (Å²) in [7, 11) is -0.876. The van der Waals surface area contributed by atoms with Crippen LogP contribution in [-0.4, -0.2) is 45.4 Å². The molecule has 10 heteroatoms. The topological polar surface area (TPSA) is 102 Å². The highest BCUT2D eigenvalue weighted by molar-refractivity contribution is 7.89. The molecular weight excluding hydrogens is 516 g/mol. The molecule has 196 valence electrons. The van der Waals surface area contributed by atoms with Crippen molar-refractivity contribution >= 4 is 39.2 Å². The van der Waals surface area contributed by atoms with Crippen molar-refractivity contribution in [2.75, 3.05) is 26.1 Å². The van der Waals surface area contributed by atoms with Crippen LogP contribution in [0.25, 0.3) is 0 Å². The van der Waals surface area contributed by atoms with E-state index in [1.54, 1.807) is 42.5 Å². The van der Waals surface area contributed by atoms with Crippen LogP contribution in [0.5, 0.6) is 5.75 Å². The third kappa shape index (κ3) is 7.31. The minimum atomic E-state index is -3.80. The van der Waals surface area contributed by atoms with Gasteiger partial charge in [-0.2, -0.15) is 4.31 Å². The minimum absolute atomic E-state index is 0.0237. The number of halogens is 1. The third-order valence-corrected chi connectivity index (χ3v) is 7.64. The third-order valence-electron chi connectivity index (χ3n) is 5.57. The number of hydrogen-bond acceptors (Lipinski definition) is 6. The van der Waals surface area contributed by atoms with E-state index in [1.165, 1.54) is 42.7 Å². The van der Waals surface area contributed by atoms with Gasteiger partial charge in [0.25, 0.3) is 5.91 Å². The van der Waals surface area contributed by atoms with Crippen molar-refractivity contribution in [1.82, 2.24) is 4.31 Å². The fourth-order valence-electron chi connectivity index (χ4n) is 3.44. The van der Waals surface area contributed by atoms with Crippen LogP contribution >= 0.6 is 11.6 Å². The van der Waals surface area contributed by atoms with Gasteiger partial charge in [0.1, 0.15) is 5.75 Å². The number of hydrogen-bond donors (Lipinski definition) is 1. The molecule has 8 nitrogen and oxygen atoms in total. The lowest BCUT2D eigenvalue weighted by molar-refractivity contribution is 0.0499. The van der Waals surface area contributed by atoms with E-state index in [2.05, 4.69) is 5.32 Å². The Balaban J connectivity index is 1.73. The van der Waals surface area contributed by atoms with Crippen LogP contribution in [0.4, 0.5) is 5.69 Å². The molecule has 0 aromatic heterocycles. The fraction of sp³-hybridized carbons (Fsp3) is 0.259. The average Bonchev–Trinajstić information content (AvgIpc) is 2.89. The van der Waals surface area contributed by atoms with Gasteiger partial charge < -0.3 is 14.8 Å². The molecule has 0 spiro atoms. The molecule has 0 aliphatic heterocycles. The number of rotatable bonds is 11. The zero-order valence-electron chi connectivity index (χ0n) is 20.9. The number of esters is 1. The first-order valence-electron chi connectivity index (χ1n) is 11.6. The lowest BCUT2D eigenvalue weighted by Gasteiger charge is -2.19. The number of ether oxygens (including phenoxy) is 2. The Morgan fingerprint density at radius 2 is 1.62 bits per heavy atom. The summed E-state index contributed by atoms with van der Waals surface area (Å²) in [6.45, 7) is 2.35. The van der Waals surface area contributed by atoms with Gasteiger partial charge in [0.2, 0.25) is 10.0 Å². The van der Waals surface area contributed by atoms with Gasteiger partial charge in [-0.15, -0.1) is 0 Å². The molecule has 1 N–H and O–H groups in total. The standard InChI is InChI=1S/C27H29ClN2O6S/c1-4-5-16-36-27(32)19-6-11-23(12-7-19)29-26(31)20-8-15-25(35-3)21(17-20)18-30(2)37(33,34)24-13-9-22(28)10-14-24/h6-15,17H,4-5,16,18H2,1-3H3,(H,29,31). The molecule has 3 rings (SSSR count). The smallest absolute Gasteiger partial charge is 0.338 e. The van der Waals surface area contributed by atoms with Crippen LogP contribution in [0.1, 0.15) is 46.0 Å². The van der Waals surface area contributed by atoms with Gasteiger partial charge in [0.05, 0.1) is 24.2 Å². The van der Waals surface area contributed by atoms with Crippen LogP contribution < -0.4 is 10.1 Å². The Kier molecular flexibility index (Phi) is 9.68. The summed E-state index contributed by atoms with van der Waals surface area (Å²) in [5.41, 5.74) is 1.72. The van der Waals surface area contributed by atoms with Crippen LogP contribution in [0.2, 0.25) is 5.02 Å². The number of amides is 1. The second-order valence-corrected chi connectivity index (χ2v) is 10.7. The lowest BCUT2D eigenvalue weighted by atomic mass is 10.1. The Bertz CT molecular complexity index is 1340. The van der Waals surface area contributed by atoms with E-state index in [1.807, 2.05) is 6.92 Å². The molecular formula is C27H29ClN2O6S. The number of carbonyl (C=O) groups excluding carboxylic acids is 2. The van der Waals surface area contributed by atoms with Crippen molar-refractivity contribution in [3.8, 4) is 5.75 Å². The van der Waals surface area contributed by atoms with Gasteiger partial charge in [-0.25, -0.2) is 13.2 Å². The molecule has 0 atom stereocenters. The molecule has 0 bridgehead atoms. The Labute approximate surface area is 222 Å². The summed E-state index contributed by atoms with van der Waals surface area (Å²) in [4.78, 5) is 25.1. The maximum Gasteiger partial charge on any atom is 0.338 e. The number of carbonyl (C=O) groups is 2. The maximum absolute atomic E-state index is 13.0. The average molecular weight is 545 g/mol. The van der Waals surface area contributed by atoms with Crippen molar-refractivity contribution in [2.45, 2.75) is 31.2 Å². The van der Waals surface area contributed by atoms with E-state index in [4.69, 9.17) is 21.1 Å². The summed E-state index contributed by atoms with van der Waals surface area (Å²) < 4.78 is 37.7. The summed E-state index contributed by atoms with van der Waals surface area (Å²) in [6, 6.07) is 17.1. The number of unbranched alkanes of at least 4 members (excludes halogenated alkanes) is 1. The van der Waals surface area contributed by atoms with E-state index < -0.39 is 21.9 Å². The van der Waals surface area contributed by atoms with E-state index in [0.717, 1.165) is 12.8 Å². The second kappa shape index (κ2) is 12.7. The number of sulfonamides is 1. The van der Waals surface area contributed by atoms with Crippen molar-refractivity contribution in [3.05, 3.63) is 88.4 Å². The summed E-state index contributed by atoms with van der Waals surface area (Å²) >= 11 is 5.88. The van der Waals surface area contributed by atoms with Gasteiger partial charge in [-0.05, 0) is 73.2 Å². The van der Waals surface area contributed by atoms with E-state index in [0.29, 0.717) is 39.8 Å². The molecule has 1 amide bonds. The highest BCUT2D eigenvalue weighted by Crippen LogP contribution is 2.25. The number of methoxy groups -OCH3 is 1. The predicted molar refractivity (Wildman–Crippen MR) is 143 cm³/mol. The molecule has 0 saturated carbocycles. The molecule has 37 heavy (non-hydrogen) atoms. The highest BCUT2D eigenvalue weighted by atomic mass is 35.5. The van der Waals surface area contributed by atoms with Crippen molar-refractivity contribution in [2.24, 2.45) is 0 Å². The lowest BCUT2D eigenvalue weighted by Crippen LogP contribution is -2.27. The number of benzene rings is 3. The minimum Gasteiger partial charge on any atom is -0.496 e. The molecule has 0 aliphatic rings. The van der Waals surface area contributed by atoms with Crippen LogP contribution in [0.3, 0.4) is 0 Å². The number of nitrogens with zero attached hydrogens (tertiary/aromatic N) is 1. The van der Waals surface area contributed by atoms with Gasteiger partial charge >= 0.3 is 5.97 Å². The highest BCUT2D eigenvalue weighted by Gasteiger charge is 2.23. The second-order valence-electron chi connectivity index (χ2n) is 8.26. The first-order valence-corrected chi connectivity index (χ1v) is 13.4. The van der Waals surface area contributed by atoms with Gasteiger partial charge in [-0.1, -0.05) is 24.9 Å². The van der Waals surface area contributed by atoms with Crippen LogP contribution in [0.15, 0.2) is 71.6 Å². The van der Waals surface area contributed by atoms with Crippen LogP contribution in [0, 0.1) is 0 Å². The first kappa shape index (κ1) is 28.2. The SMILES string of the molecule is CCCCOC(=O)c1ccc(NC(=O)c2ccc(OC)c(CN(C)S(=O)(=O)c3ccc(Cl)cc3)c2)cc1. The molecule has 0 radical (unpaired) electrons. The molecule has 3 aromatic carbocycles. The molecule has 3 aromatic rings. The van der Waals surface area contributed by atoms with E-state index in [9.17, 15) is 18.0 Å². The molecule has 0 heterocycles. The number of nitrogens with one attached hydrogen (secondary N) is 1. The molecule has 0 saturated heterocycles. The monoisotopic (exact) mass is 544 g/mol. The molecule has 0 fully saturated rings. The zero-order valence-corrected chi connectivity index (χ0v) is 22.4. The quantitative estimate of drug-likeness (QED) is 0.257. The van der Waals surface area contributed by atoms with Crippen LogP contribution in [-0.2, 0) is 21.3 Å². The summed E-state index contributed by atoms with van der Waals surface area (Å²) in [5, 5.41) is 3.21. The van der Waals surface area contributed by atoms with Crippen molar-refractivity contribution < 1.29 is 27.5 Å². The van der Waals surface area contributed by atoms with Gasteiger partial charge in [0.15, 0.2) is 0 Å². The first-order chi connectivity index (χ1) is 17.6. The Hall–Kier alpha value is -3.40. The van der Waals surface area contributed by atoms with Crippen molar-refractivity contribution in [1.29, 1.82) is 0 Å². The van der Waals surface area contributed by atoms with E-state index in [-0.39, 0.29) is 11.4 Å². The largest absolute Gasteiger partial charge is 0.496 e. The van der Waals surface area contributed by atoms with Gasteiger partial charge in [-0.3, -0.25) is 4.79 Å².